The molecule has 2 N–H and O–H groups in total. The Hall–Kier alpha value is -1.27. The van der Waals surface area contributed by atoms with Crippen molar-refractivity contribution in [3.63, 3.8) is 0 Å². The molecular formula is C14H21ClN2O3S. The Morgan fingerprint density at radius 3 is 2.67 bits per heavy atom. The maximum absolute atomic E-state index is 12.3. The molecule has 0 atom stereocenters. The van der Waals surface area contributed by atoms with E-state index < -0.39 is 20.8 Å². The molecule has 1 aromatic rings. The number of benzene rings is 1. The maximum atomic E-state index is 12.3. The number of rotatable bonds is 3. The number of amides is 1. The van der Waals surface area contributed by atoms with Gasteiger partial charge in [-0.25, -0.2) is 8.42 Å². The fourth-order valence-electron chi connectivity index (χ4n) is 2.33. The number of hydrogen-bond acceptors (Lipinski definition) is 4. The molecule has 0 bridgehead atoms. The van der Waals surface area contributed by atoms with Gasteiger partial charge >= 0.3 is 0 Å². The quantitative estimate of drug-likeness (QED) is 0.856. The molecule has 0 spiro atoms. The first-order valence-electron chi connectivity index (χ1n) is 6.72. The van der Waals surface area contributed by atoms with E-state index in [4.69, 9.17) is 5.73 Å². The summed E-state index contributed by atoms with van der Waals surface area (Å²) >= 11 is 0. The van der Waals surface area contributed by atoms with Gasteiger partial charge in [-0.2, -0.15) is 0 Å². The highest BCUT2D eigenvalue weighted by atomic mass is 35.5. The predicted molar refractivity (Wildman–Crippen MR) is 87.7 cm³/mol. The Balaban J connectivity index is 0.00000220. The average Bonchev–Trinajstić information content (AvgIpc) is 2.38. The zero-order chi connectivity index (χ0) is 14.9. The largest absolute Gasteiger partial charge is 0.398 e. The van der Waals surface area contributed by atoms with Crippen LogP contribution in [0.5, 0.6) is 0 Å². The van der Waals surface area contributed by atoms with Crippen LogP contribution in [0.4, 0.5) is 11.4 Å². The van der Waals surface area contributed by atoms with Crippen molar-refractivity contribution in [3.8, 4) is 0 Å². The van der Waals surface area contributed by atoms with Gasteiger partial charge in [-0.15, -0.1) is 12.4 Å². The average molecular weight is 333 g/mol. The van der Waals surface area contributed by atoms with Crippen molar-refractivity contribution >= 4 is 39.5 Å². The first-order chi connectivity index (χ1) is 9.33. The molecule has 1 heterocycles. The molecular weight excluding hydrogens is 312 g/mol. The number of carbonyl (C=O) groups is 1. The molecule has 0 radical (unpaired) electrons. The van der Waals surface area contributed by atoms with Crippen molar-refractivity contribution in [2.75, 3.05) is 22.9 Å². The van der Waals surface area contributed by atoms with Crippen LogP contribution in [0.1, 0.15) is 25.8 Å². The van der Waals surface area contributed by atoms with Crippen LogP contribution in [-0.2, 0) is 21.1 Å². The summed E-state index contributed by atoms with van der Waals surface area (Å²) in [5.74, 6) is -0.816. The lowest BCUT2D eigenvalue weighted by molar-refractivity contribution is -0.116. The zero-order valence-electron chi connectivity index (χ0n) is 12.2. The van der Waals surface area contributed by atoms with E-state index in [-0.39, 0.29) is 18.3 Å². The molecule has 0 saturated heterocycles. The highest BCUT2D eigenvalue weighted by Gasteiger charge is 2.28. The van der Waals surface area contributed by atoms with E-state index in [0.29, 0.717) is 12.2 Å². The molecule has 0 aliphatic carbocycles. The summed E-state index contributed by atoms with van der Waals surface area (Å²) < 4.78 is 23.8. The van der Waals surface area contributed by atoms with Crippen molar-refractivity contribution in [3.05, 3.63) is 23.8 Å². The number of anilines is 2. The van der Waals surface area contributed by atoms with E-state index in [1.807, 2.05) is 6.07 Å². The van der Waals surface area contributed by atoms with E-state index in [1.54, 1.807) is 30.9 Å². The number of carbonyl (C=O) groups excluding carboxylic acids is 1. The second kappa shape index (κ2) is 6.66. The molecule has 21 heavy (non-hydrogen) atoms. The van der Waals surface area contributed by atoms with E-state index >= 15 is 0 Å². The minimum Gasteiger partial charge on any atom is -0.398 e. The summed E-state index contributed by atoms with van der Waals surface area (Å²) in [5, 5.41) is -0.545. The normalized spacial score (nSPS) is 14.5. The molecule has 1 aliphatic heterocycles. The SMILES string of the molecule is CC(C)S(=O)(=O)CC(=O)N1CCCc2c(N)cccc21.Cl. The van der Waals surface area contributed by atoms with Crippen molar-refractivity contribution in [2.45, 2.75) is 31.9 Å². The maximum Gasteiger partial charge on any atom is 0.242 e. The smallest absolute Gasteiger partial charge is 0.242 e. The Bertz CT molecular complexity index is 629. The molecule has 0 saturated carbocycles. The monoisotopic (exact) mass is 332 g/mol. The first-order valence-corrected chi connectivity index (χ1v) is 8.44. The fraction of sp³-hybridized carbons (Fsp3) is 0.500. The Labute approximate surface area is 131 Å². The molecule has 1 aromatic carbocycles. The minimum absolute atomic E-state index is 0. The van der Waals surface area contributed by atoms with Gasteiger partial charge in [0.1, 0.15) is 5.75 Å². The standard InChI is InChI=1S/C14H20N2O3S.ClH/c1-10(2)20(18,19)9-14(17)16-8-4-5-11-12(15)6-3-7-13(11)16;/h3,6-7,10H,4-5,8-9,15H2,1-2H3;1H. The summed E-state index contributed by atoms with van der Waals surface area (Å²) in [4.78, 5) is 13.8. The lowest BCUT2D eigenvalue weighted by Gasteiger charge is -2.30. The van der Waals surface area contributed by atoms with Gasteiger partial charge < -0.3 is 10.6 Å². The van der Waals surface area contributed by atoms with E-state index in [2.05, 4.69) is 0 Å². The third kappa shape index (κ3) is 3.68. The highest BCUT2D eigenvalue weighted by Crippen LogP contribution is 2.31. The molecule has 0 unspecified atom stereocenters. The Kier molecular flexibility index (Phi) is 5.64. The third-order valence-corrected chi connectivity index (χ3v) is 5.72. The van der Waals surface area contributed by atoms with Gasteiger partial charge in [-0.3, -0.25) is 4.79 Å². The molecule has 1 aliphatic rings. The fourth-order valence-corrected chi connectivity index (χ4v) is 3.16. The highest BCUT2D eigenvalue weighted by molar-refractivity contribution is 7.92. The summed E-state index contributed by atoms with van der Waals surface area (Å²) in [6.07, 6.45) is 1.62. The third-order valence-electron chi connectivity index (χ3n) is 3.63. The molecule has 1 amide bonds. The van der Waals surface area contributed by atoms with Crippen LogP contribution in [0, 0.1) is 0 Å². The Morgan fingerprint density at radius 1 is 1.38 bits per heavy atom. The van der Waals surface area contributed by atoms with Crippen LogP contribution in [0.25, 0.3) is 0 Å². The van der Waals surface area contributed by atoms with Crippen LogP contribution in [0.3, 0.4) is 0 Å². The first kappa shape index (κ1) is 17.8. The van der Waals surface area contributed by atoms with Crippen LogP contribution < -0.4 is 10.6 Å². The number of fused-ring (bicyclic) bond motifs is 1. The van der Waals surface area contributed by atoms with Crippen molar-refractivity contribution in [1.29, 1.82) is 0 Å². The van der Waals surface area contributed by atoms with Crippen LogP contribution in [-0.4, -0.2) is 31.9 Å². The van der Waals surface area contributed by atoms with Crippen LogP contribution in [0.15, 0.2) is 18.2 Å². The number of halogens is 1. The molecule has 2 rings (SSSR count). The summed E-state index contributed by atoms with van der Waals surface area (Å²) in [6, 6.07) is 5.42. The summed E-state index contributed by atoms with van der Waals surface area (Å²) in [7, 11) is -3.38. The second-order valence-corrected chi connectivity index (χ2v) is 7.91. The van der Waals surface area contributed by atoms with Gasteiger partial charge in [0.15, 0.2) is 9.84 Å². The van der Waals surface area contributed by atoms with Crippen molar-refractivity contribution in [1.82, 2.24) is 0 Å². The van der Waals surface area contributed by atoms with Crippen molar-refractivity contribution < 1.29 is 13.2 Å². The molecule has 118 valence electrons. The molecule has 0 aromatic heterocycles. The number of nitrogens with zero attached hydrogens (tertiary/aromatic N) is 1. The summed E-state index contributed by atoms with van der Waals surface area (Å²) in [5.41, 5.74) is 8.27. The predicted octanol–water partition coefficient (Wildman–Crippen LogP) is 1.79. The molecule has 0 fully saturated rings. The van der Waals surface area contributed by atoms with Crippen molar-refractivity contribution in [2.24, 2.45) is 0 Å². The lowest BCUT2D eigenvalue weighted by Crippen LogP contribution is -2.40. The van der Waals surface area contributed by atoms with Gasteiger partial charge in [-0.1, -0.05) is 6.07 Å². The Morgan fingerprint density at radius 2 is 2.05 bits per heavy atom. The van der Waals surface area contributed by atoms with Gasteiger partial charge in [0.2, 0.25) is 5.91 Å². The zero-order valence-corrected chi connectivity index (χ0v) is 13.8. The second-order valence-electron chi connectivity index (χ2n) is 5.35. The van der Waals surface area contributed by atoms with E-state index in [1.165, 1.54) is 0 Å². The van der Waals surface area contributed by atoms with Crippen LogP contribution >= 0.6 is 12.4 Å². The number of nitrogens with two attached hydrogens (primary N) is 1. The van der Waals surface area contributed by atoms with Gasteiger partial charge in [0, 0.05) is 17.9 Å². The van der Waals surface area contributed by atoms with Crippen LogP contribution in [0.2, 0.25) is 0 Å². The number of hydrogen-bond donors (Lipinski definition) is 1. The van der Waals surface area contributed by atoms with E-state index in [9.17, 15) is 13.2 Å². The number of sulfone groups is 1. The topological polar surface area (TPSA) is 80.5 Å². The summed E-state index contributed by atoms with van der Waals surface area (Å²) in [6.45, 7) is 3.72. The molecule has 7 heteroatoms. The van der Waals surface area contributed by atoms with E-state index in [0.717, 1.165) is 24.1 Å². The lowest BCUT2D eigenvalue weighted by atomic mass is 10.00. The van der Waals surface area contributed by atoms with Gasteiger partial charge in [-0.05, 0) is 44.4 Å². The minimum atomic E-state index is -3.38. The number of nitrogen functional groups attached to an aromatic ring is 1. The van der Waals surface area contributed by atoms with Gasteiger partial charge in [0.05, 0.1) is 5.25 Å². The molecule has 5 nitrogen and oxygen atoms in total. The van der Waals surface area contributed by atoms with Gasteiger partial charge in [0.25, 0.3) is 0 Å².